The number of nitrogens with two attached hydrogens (primary N) is 1. The zero-order chi connectivity index (χ0) is 24.5. The normalized spacial score (nSPS) is 23.0. The summed E-state index contributed by atoms with van der Waals surface area (Å²) in [6, 6.07) is 6.65. The van der Waals surface area contributed by atoms with E-state index in [1.54, 1.807) is 12.1 Å². The van der Waals surface area contributed by atoms with Crippen molar-refractivity contribution < 1.29 is 36.9 Å². The number of carbonyl (C=O) groups is 1. The Morgan fingerprint density at radius 3 is 2.56 bits per heavy atom. The Balaban J connectivity index is 1.49. The largest absolute Gasteiger partial charge is 0.491 e. The van der Waals surface area contributed by atoms with E-state index in [1.165, 1.54) is 24.3 Å². The van der Waals surface area contributed by atoms with Crippen molar-refractivity contribution >= 4 is 5.91 Å². The van der Waals surface area contributed by atoms with Gasteiger partial charge in [0.1, 0.15) is 35.3 Å². The fraction of sp³-hybridized carbons (Fsp3) is 0.478. The number of ether oxygens (including phenoxy) is 4. The van der Waals surface area contributed by atoms with Crippen LogP contribution < -0.4 is 16.0 Å². The molecule has 1 amide bonds. The minimum absolute atomic E-state index is 0.128. The predicted molar refractivity (Wildman–Crippen MR) is 115 cm³/mol. The first kappa shape index (κ1) is 24.2. The van der Waals surface area contributed by atoms with Gasteiger partial charge in [0.25, 0.3) is 11.5 Å². The van der Waals surface area contributed by atoms with E-state index in [4.69, 9.17) is 24.7 Å². The van der Waals surface area contributed by atoms with Crippen LogP contribution in [-0.2, 0) is 20.4 Å². The van der Waals surface area contributed by atoms with Crippen molar-refractivity contribution in [2.24, 2.45) is 11.7 Å². The van der Waals surface area contributed by atoms with E-state index in [0.717, 1.165) is 18.9 Å². The van der Waals surface area contributed by atoms with Crippen molar-refractivity contribution in [2.75, 3.05) is 33.5 Å². The van der Waals surface area contributed by atoms with Crippen molar-refractivity contribution in [2.45, 2.75) is 30.7 Å². The molecule has 2 fully saturated rings. The molecule has 0 spiro atoms. The minimum atomic E-state index is -4.84. The zero-order valence-electron chi connectivity index (χ0n) is 18.4. The molecule has 1 aliphatic heterocycles. The molecule has 2 aromatic rings. The van der Waals surface area contributed by atoms with Gasteiger partial charge in [0.15, 0.2) is 0 Å². The highest BCUT2D eigenvalue weighted by atomic mass is 19.4. The maximum Gasteiger partial charge on any atom is 0.431 e. The van der Waals surface area contributed by atoms with Gasteiger partial charge in [-0.25, -0.2) is 0 Å². The number of hydrogen-bond acceptors (Lipinski definition) is 6. The molecule has 0 unspecified atom stereocenters. The van der Waals surface area contributed by atoms with E-state index in [9.17, 15) is 22.8 Å². The molecule has 8 nitrogen and oxygen atoms in total. The van der Waals surface area contributed by atoms with Gasteiger partial charge in [0.2, 0.25) is 0 Å². The first-order valence-electron chi connectivity index (χ1n) is 10.7. The van der Waals surface area contributed by atoms with Crippen LogP contribution in [-0.4, -0.2) is 56.1 Å². The van der Waals surface area contributed by atoms with Crippen LogP contribution in [0.15, 0.2) is 35.1 Å². The minimum Gasteiger partial charge on any atom is -0.491 e. The summed E-state index contributed by atoms with van der Waals surface area (Å²) in [4.78, 5) is 25.0. The van der Waals surface area contributed by atoms with Gasteiger partial charge in [-0.05, 0) is 42.5 Å². The number of benzene rings is 1. The summed E-state index contributed by atoms with van der Waals surface area (Å²) in [5.41, 5.74) is 1.37. The number of methoxy groups -OCH3 is 1. The number of alkyl halides is 3. The Morgan fingerprint density at radius 1 is 1.26 bits per heavy atom. The van der Waals surface area contributed by atoms with E-state index in [1.807, 2.05) is 0 Å². The van der Waals surface area contributed by atoms with E-state index < -0.39 is 34.5 Å². The summed E-state index contributed by atoms with van der Waals surface area (Å²) in [6.07, 6.45) is -3.04. The number of nitrogens with one attached hydrogen (secondary N) is 1. The van der Waals surface area contributed by atoms with Crippen LogP contribution in [0, 0.1) is 5.92 Å². The van der Waals surface area contributed by atoms with Crippen LogP contribution in [0.2, 0.25) is 0 Å². The van der Waals surface area contributed by atoms with Gasteiger partial charge in [-0.15, -0.1) is 0 Å². The molecule has 184 valence electrons. The number of amides is 1. The SMILES string of the molecule is COC[C@@]1(C2CC2)COC[C@@H](COc2ccc(-c3cc(C(N)=O)c(=O)[nH]c3C(F)(F)F)cc2)O1. The quantitative estimate of drug-likeness (QED) is 0.598. The first-order chi connectivity index (χ1) is 16.1. The lowest BCUT2D eigenvalue weighted by Crippen LogP contribution is -2.53. The molecular formula is C23H25F3N2O6. The monoisotopic (exact) mass is 482 g/mol. The Kier molecular flexibility index (Phi) is 6.70. The lowest BCUT2D eigenvalue weighted by molar-refractivity contribution is -0.230. The van der Waals surface area contributed by atoms with Crippen molar-refractivity contribution in [1.82, 2.24) is 4.98 Å². The molecule has 1 aromatic heterocycles. The fourth-order valence-electron chi connectivity index (χ4n) is 4.19. The summed E-state index contributed by atoms with van der Waals surface area (Å²) in [5.74, 6) is -0.323. The fourth-order valence-corrected chi connectivity index (χ4v) is 4.19. The molecule has 2 heterocycles. The van der Waals surface area contributed by atoms with E-state index in [-0.39, 0.29) is 23.8 Å². The molecule has 3 N–H and O–H groups in total. The molecule has 2 aliphatic rings. The van der Waals surface area contributed by atoms with Gasteiger partial charge in [-0.2, -0.15) is 13.2 Å². The first-order valence-corrected chi connectivity index (χ1v) is 10.7. The molecule has 1 saturated heterocycles. The Hall–Kier alpha value is -2.89. The van der Waals surface area contributed by atoms with Crippen LogP contribution >= 0.6 is 0 Å². The van der Waals surface area contributed by atoms with Crippen molar-refractivity contribution in [1.29, 1.82) is 0 Å². The summed E-state index contributed by atoms with van der Waals surface area (Å²) in [5, 5.41) is 0. The van der Waals surface area contributed by atoms with Gasteiger partial charge in [0, 0.05) is 12.7 Å². The third-order valence-corrected chi connectivity index (χ3v) is 5.95. The second-order valence-electron chi connectivity index (χ2n) is 8.53. The zero-order valence-corrected chi connectivity index (χ0v) is 18.4. The second-order valence-corrected chi connectivity index (χ2v) is 8.53. The Morgan fingerprint density at radius 2 is 1.97 bits per heavy atom. The summed E-state index contributed by atoms with van der Waals surface area (Å²) in [7, 11) is 1.62. The Bertz CT molecular complexity index is 1090. The number of carbonyl (C=O) groups excluding carboxylic acids is 1. The summed E-state index contributed by atoms with van der Waals surface area (Å²) < 4.78 is 63.6. The third-order valence-electron chi connectivity index (χ3n) is 5.95. The average molecular weight is 482 g/mol. The third kappa shape index (κ3) is 5.11. The average Bonchev–Trinajstić information content (AvgIpc) is 3.64. The van der Waals surface area contributed by atoms with Crippen LogP contribution in [0.4, 0.5) is 13.2 Å². The van der Waals surface area contributed by atoms with Gasteiger partial charge < -0.3 is 29.7 Å². The lowest BCUT2D eigenvalue weighted by Gasteiger charge is -2.40. The molecule has 1 aliphatic carbocycles. The number of halogens is 3. The summed E-state index contributed by atoms with van der Waals surface area (Å²) >= 11 is 0. The lowest BCUT2D eigenvalue weighted by atomic mass is 9.98. The molecule has 0 bridgehead atoms. The highest BCUT2D eigenvalue weighted by Gasteiger charge is 2.50. The molecule has 11 heteroatoms. The number of aromatic amines is 1. The maximum atomic E-state index is 13.5. The smallest absolute Gasteiger partial charge is 0.431 e. The number of hydrogen-bond donors (Lipinski definition) is 2. The van der Waals surface area contributed by atoms with Crippen LogP contribution in [0.5, 0.6) is 5.75 Å². The number of H-pyrrole nitrogens is 1. The molecule has 2 atom stereocenters. The van der Waals surface area contributed by atoms with Gasteiger partial charge in [0.05, 0.1) is 19.8 Å². The number of pyridine rings is 1. The highest BCUT2D eigenvalue weighted by molar-refractivity contribution is 5.94. The van der Waals surface area contributed by atoms with Crippen LogP contribution in [0.1, 0.15) is 28.9 Å². The van der Waals surface area contributed by atoms with Crippen molar-refractivity contribution in [3.05, 3.63) is 51.9 Å². The molecule has 1 aromatic carbocycles. The standard InChI is InChI=1S/C23H25F3N2O6/c1-31-11-22(14-4-5-14)12-32-9-16(34-22)10-33-15-6-2-13(3-7-15)17-8-18(20(27)29)21(30)28-19(17)23(24,25)26/h2-3,6-8,14,16H,4-5,9-12H2,1H3,(H2,27,29)(H,28,30)/t16-,22-/m0/s1. The topological polar surface area (TPSA) is 113 Å². The number of aromatic nitrogens is 1. The van der Waals surface area contributed by atoms with Crippen LogP contribution in [0.3, 0.4) is 0 Å². The molecule has 4 rings (SSSR count). The van der Waals surface area contributed by atoms with Gasteiger partial charge >= 0.3 is 6.18 Å². The number of primary amides is 1. The maximum absolute atomic E-state index is 13.5. The summed E-state index contributed by atoms with van der Waals surface area (Å²) in [6.45, 7) is 1.44. The van der Waals surface area contributed by atoms with Gasteiger partial charge in [-0.1, -0.05) is 12.1 Å². The second kappa shape index (κ2) is 9.40. The molecular weight excluding hydrogens is 457 g/mol. The van der Waals surface area contributed by atoms with Gasteiger partial charge in [-0.3, -0.25) is 9.59 Å². The van der Waals surface area contributed by atoms with E-state index >= 15 is 0 Å². The Labute approximate surface area is 193 Å². The molecule has 1 saturated carbocycles. The van der Waals surface area contributed by atoms with Crippen molar-refractivity contribution in [3.63, 3.8) is 0 Å². The van der Waals surface area contributed by atoms with E-state index in [2.05, 4.69) is 0 Å². The molecule has 0 radical (unpaired) electrons. The van der Waals surface area contributed by atoms with Crippen molar-refractivity contribution in [3.8, 4) is 16.9 Å². The number of rotatable bonds is 8. The van der Waals surface area contributed by atoms with E-state index in [0.29, 0.717) is 31.5 Å². The van der Waals surface area contributed by atoms with Crippen LogP contribution in [0.25, 0.3) is 11.1 Å². The molecule has 34 heavy (non-hydrogen) atoms. The predicted octanol–water partition coefficient (Wildman–Crippen LogP) is 2.75. The highest BCUT2D eigenvalue weighted by Crippen LogP contribution is 2.44.